The van der Waals surface area contributed by atoms with Gasteiger partial charge in [0.15, 0.2) is 0 Å². The lowest BCUT2D eigenvalue weighted by Crippen LogP contribution is -2.08. The van der Waals surface area contributed by atoms with Crippen LogP contribution in [0.25, 0.3) is 10.8 Å². The molecule has 3 heteroatoms. The lowest BCUT2D eigenvalue weighted by Gasteiger charge is -2.01. The summed E-state index contributed by atoms with van der Waals surface area (Å²) in [6, 6.07) is 7.48. The van der Waals surface area contributed by atoms with Gasteiger partial charge < -0.3 is 5.73 Å². The van der Waals surface area contributed by atoms with Crippen molar-refractivity contribution in [3.8, 4) is 0 Å². The number of fused-ring (bicyclic) bond motifs is 1. The topological polar surface area (TPSA) is 38.9 Å². The predicted octanol–water partition coefficient (Wildman–Crippen LogP) is 0.611. The van der Waals surface area contributed by atoms with Crippen LogP contribution in [0.2, 0.25) is 0 Å². The summed E-state index contributed by atoms with van der Waals surface area (Å²) >= 11 is 0. The molecule has 0 spiro atoms. The SMILES string of the molecule is [B]c1nccc2cc(N)ccc12. The van der Waals surface area contributed by atoms with E-state index in [-0.39, 0.29) is 0 Å². The molecule has 1 aromatic carbocycles. The van der Waals surface area contributed by atoms with Crippen molar-refractivity contribution in [3.05, 3.63) is 30.5 Å². The molecule has 2 nitrogen and oxygen atoms in total. The molecule has 0 aliphatic rings. The molecule has 1 heterocycles. The molecule has 0 saturated carbocycles. The van der Waals surface area contributed by atoms with E-state index in [1.54, 1.807) is 6.20 Å². The van der Waals surface area contributed by atoms with Crippen LogP contribution in [0.1, 0.15) is 0 Å². The van der Waals surface area contributed by atoms with E-state index in [1.165, 1.54) is 0 Å². The van der Waals surface area contributed by atoms with Crippen LogP contribution in [0.3, 0.4) is 0 Å². The molecule has 2 radical (unpaired) electrons. The highest BCUT2D eigenvalue weighted by atomic mass is 14.6. The van der Waals surface area contributed by atoms with E-state index in [0.29, 0.717) is 5.59 Å². The van der Waals surface area contributed by atoms with Crippen molar-refractivity contribution < 1.29 is 0 Å². The van der Waals surface area contributed by atoms with Gasteiger partial charge in [0.1, 0.15) is 7.85 Å². The Balaban J connectivity index is 2.86. The Labute approximate surface area is 71.8 Å². The lowest BCUT2D eigenvalue weighted by molar-refractivity contribution is 1.42. The summed E-state index contributed by atoms with van der Waals surface area (Å²) in [5.41, 5.74) is 6.90. The third-order valence-corrected chi connectivity index (χ3v) is 1.82. The van der Waals surface area contributed by atoms with E-state index in [9.17, 15) is 0 Å². The number of pyridine rings is 1. The van der Waals surface area contributed by atoms with Crippen molar-refractivity contribution in [1.82, 2.24) is 4.98 Å². The molecular formula is C9H7BN2. The number of nitrogens with two attached hydrogens (primary N) is 1. The summed E-state index contributed by atoms with van der Waals surface area (Å²) in [6.07, 6.45) is 1.68. The number of hydrogen-bond donors (Lipinski definition) is 1. The highest BCUT2D eigenvalue weighted by Gasteiger charge is 1.96. The van der Waals surface area contributed by atoms with Gasteiger partial charge in [0.2, 0.25) is 0 Å². The normalized spacial score (nSPS) is 10.3. The van der Waals surface area contributed by atoms with Gasteiger partial charge >= 0.3 is 0 Å². The Bertz CT molecular complexity index is 426. The van der Waals surface area contributed by atoms with Crippen LogP contribution in [-0.4, -0.2) is 12.8 Å². The van der Waals surface area contributed by atoms with Gasteiger partial charge in [0.25, 0.3) is 0 Å². The first kappa shape index (κ1) is 7.16. The predicted molar refractivity (Wildman–Crippen MR) is 51.5 cm³/mol. The zero-order valence-corrected chi connectivity index (χ0v) is 6.49. The van der Waals surface area contributed by atoms with Crippen molar-refractivity contribution >= 4 is 29.9 Å². The van der Waals surface area contributed by atoms with Gasteiger partial charge in [-0.2, -0.15) is 0 Å². The van der Waals surface area contributed by atoms with Crippen molar-refractivity contribution in [3.63, 3.8) is 0 Å². The van der Waals surface area contributed by atoms with E-state index in [0.717, 1.165) is 16.5 Å². The molecule has 2 N–H and O–H groups in total. The minimum absolute atomic E-state index is 0.549. The highest BCUT2D eigenvalue weighted by Crippen LogP contribution is 2.13. The van der Waals surface area contributed by atoms with Crippen molar-refractivity contribution in [2.75, 3.05) is 5.73 Å². The molecule has 0 aliphatic heterocycles. The van der Waals surface area contributed by atoms with Gasteiger partial charge in [-0.05, 0) is 34.6 Å². The molecule has 2 rings (SSSR count). The number of benzene rings is 1. The fourth-order valence-electron chi connectivity index (χ4n) is 1.22. The molecular weight excluding hydrogens is 147 g/mol. The van der Waals surface area contributed by atoms with Crippen LogP contribution < -0.4 is 11.3 Å². The molecule has 12 heavy (non-hydrogen) atoms. The van der Waals surface area contributed by atoms with Crippen LogP contribution >= 0.6 is 0 Å². The molecule has 0 aliphatic carbocycles. The number of hydrogen-bond acceptors (Lipinski definition) is 2. The van der Waals surface area contributed by atoms with Gasteiger partial charge in [-0.3, -0.25) is 4.98 Å². The fourth-order valence-corrected chi connectivity index (χ4v) is 1.22. The fraction of sp³-hybridized carbons (Fsp3) is 0. The molecule has 1 aromatic heterocycles. The molecule has 0 bridgehead atoms. The van der Waals surface area contributed by atoms with Gasteiger partial charge in [0.05, 0.1) is 0 Å². The maximum atomic E-state index is 5.65. The van der Waals surface area contributed by atoms with Crippen molar-refractivity contribution in [2.24, 2.45) is 0 Å². The quantitative estimate of drug-likeness (QED) is 0.446. The minimum atomic E-state index is 0.549. The number of aromatic nitrogens is 1. The van der Waals surface area contributed by atoms with E-state index in [4.69, 9.17) is 13.6 Å². The molecule has 0 atom stereocenters. The first-order valence-electron chi connectivity index (χ1n) is 3.67. The van der Waals surface area contributed by atoms with Crippen LogP contribution in [0.4, 0.5) is 5.69 Å². The van der Waals surface area contributed by atoms with Crippen molar-refractivity contribution in [1.29, 1.82) is 0 Å². The third-order valence-electron chi connectivity index (χ3n) is 1.82. The first-order valence-corrected chi connectivity index (χ1v) is 3.67. The van der Waals surface area contributed by atoms with E-state index < -0.39 is 0 Å². The summed E-state index contributed by atoms with van der Waals surface area (Å²) < 4.78 is 0. The highest BCUT2D eigenvalue weighted by molar-refractivity contribution is 6.37. The van der Waals surface area contributed by atoms with E-state index in [2.05, 4.69) is 4.98 Å². The largest absolute Gasteiger partial charge is 0.399 e. The summed E-state index contributed by atoms with van der Waals surface area (Å²) in [5, 5.41) is 1.98. The van der Waals surface area contributed by atoms with Crippen molar-refractivity contribution in [2.45, 2.75) is 0 Å². The lowest BCUT2D eigenvalue weighted by atomic mass is 9.97. The first-order chi connectivity index (χ1) is 5.77. The summed E-state index contributed by atoms with van der Waals surface area (Å²) in [4.78, 5) is 3.97. The summed E-state index contributed by atoms with van der Waals surface area (Å²) in [5.74, 6) is 0. The maximum Gasteiger partial charge on any atom is 0.142 e. The number of nitrogen functional groups attached to an aromatic ring is 1. The Morgan fingerprint density at radius 3 is 2.92 bits per heavy atom. The second-order valence-electron chi connectivity index (χ2n) is 2.68. The number of anilines is 1. The maximum absolute atomic E-state index is 5.65. The van der Waals surface area contributed by atoms with Crippen LogP contribution in [-0.2, 0) is 0 Å². The number of nitrogens with zero attached hydrogens (tertiary/aromatic N) is 1. The second-order valence-corrected chi connectivity index (χ2v) is 2.68. The standard InChI is InChI=1S/C9H7BN2/c10-9-8-2-1-7(11)5-6(8)3-4-12-9/h1-5H,11H2. The Hall–Kier alpha value is -1.51. The molecule has 0 fully saturated rings. The van der Waals surface area contributed by atoms with E-state index in [1.807, 2.05) is 24.3 Å². The van der Waals surface area contributed by atoms with Crippen LogP contribution in [0.15, 0.2) is 30.5 Å². The third kappa shape index (κ3) is 1.03. The minimum Gasteiger partial charge on any atom is -0.399 e. The molecule has 0 unspecified atom stereocenters. The molecule has 56 valence electrons. The molecule has 0 amide bonds. The van der Waals surface area contributed by atoms with E-state index >= 15 is 0 Å². The smallest absolute Gasteiger partial charge is 0.142 e. The second kappa shape index (κ2) is 2.52. The Kier molecular flexibility index (Phi) is 1.50. The average Bonchev–Trinajstić information content (AvgIpc) is 2.04. The van der Waals surface area contributed by atoms with Crippen LogP contribution in [0, 0.1) is 0 Å². The van der Waals surface area contributed by atoms with Gasteiger partial charge in [0, 0.05) is 11.9 Å². The zero-order valence-electron chi connectivity index (χ0n) is 6.49. The molecule has 0 saturated heterocycles. The summed E-state index contributed by atoms with van der Waals surface area (Å²) in [7, 11) is 5.65. The monoisotopic (exact) mass is 154 g/mol. The van der Waals surface area contributed by atoms with Gasteiger partial charge in [-0.15, -0.1) is 0 Å². The summed E-state index contributed by atoms with van der Waals surface area (Å²) in [6.45, 7) is 0. The van der Waals surface area contributed by atoms with Gasteiger partial charge in [-0.1, -0.05) is 6.07 Å². The zero-order chi connectivity index (χ0) is 8.55. The average molecular weight is 154 g/mol. The Morgan fingerprint density at radius 1 is 1.25 bits per heavy atom. The van der Waals surface area contributed by atoms with Gasteiger partial charge in [-0.25, -0.2) is 0 Å². The molecule has 2 aromatic rings. The number of rotatable bonds is 0. The van der Waals surface area contributed by atoms with Crippen LogP contribution in [0.5, 0.6) is 0 Å². The Morgan fingerprint density at radius 2 is 2.08 bits per heavy atom.